The molecule has 2 N–H and O–H groups in total. The van der Waals surface area contributed by atoms with E-state index in [9.17, 15) is 17.6 Å². The van der Waals surface area contributed by atoms with Gasteiger partial charge in [0.15, 0.2) is 0 Å². The summed E-state index contributed by atoms with van der Waals surface area (Å²) in [5, 5.41) is 2.05. The van der Waals surface area contributed by atoms with E-state index in [0.29, 0.717) is 42.4 Å². The van der Waals surface area contributed by atoms with Crippen molar-refractivity contribution in [2.45, 2.75) is 56.7 Å². The maximum absolute atomic E-state index is 15.1. The van der Waals surface area contributed by atoms with Crippen molar-refractivity contribution in [3.8, 4) is 0 Å². The first-order valence-electron chi connectivity index (χ1n) is 9.97. The third kappa shape index (κ3) is 3.99. The van der Waals surface area contributed by atoms with Gasteiger partial charge in [-0.2, -0.15) is 4.39 Å². The van der Waals surface area contributed by atoms with E-state index in [1.165, 1.54) is 16.7 Å². The molecule has 2 aromatic rings. The Morgan fingerprint density at radius 2 is 1.80 bits per heavy atom. The fourth-order valence-electron chi connectivity index (χ4n) is 4.19. The average Bonchev–Trinajstić information content (AvgIpc) is 3.21. The van der Waals surface area contributed by atoms with Crippen LogP contribution in [0.4, 0.5) is 25.8 Å². The number of halogens is 3. The molecular weight excluding hydrogens is 480 g/mol. The first-order valence-corrected chi connectivity index (χ1v) is 12.3. The summed E-state index contributed by atoms with van der Waals surface area (Å²) in [6, 6.07) is 4.16. The molecule has 0 bridgehead atoms. The Kier molecular flexibility index (Phi) is 5.89. The quantitative estimate of drug-likeness (QED) is 0.624. The zero-order valence-corrected chi connectivity index (χ0v) is 18.6. The smallest absolute Gasteiger partial charge is 0.289 e. The summed E-state index contributed by atoms with van der Waals surface area (Å²) >= 11 is 3.16. The van der Waals surface area contributed by atoms with Crippen molar-refractivity contribution >= 4 is 43.0 Å². The number of nitrogens with one attached hydrogen (secondary N) is 2. The summed E-state index contributed by atoms with van der Waals surface area (Å²) in [5.74, 6) is -1.80. The maximum Gasteiger partial charge on any atom is 0.289 e. The van der Waals surface area contributed by atoms with E-state index in [-0.39, 0.29) is 17.1 Å². The van der Waals surface area contributed by atoms with E-state index < -0.39 is 32.5 Å². The van der Waals surface area contributed by atoms with Gasteiger partial charge in [0.05, 0.1) is 16.6 Å². The van der Waals surface area contributed by atoms with E-state index in [1.54, 1.807) is 6.07 Å². The Labute approximate surface area is 181 Å². The minimum absolute atomic E-state index is 0.00232. The third-order valence-electron chi connectivity index (χ3n) is 5.74. The molecule has 162 valence electrons. The van der Waals surface area contributed by atoms with Gasteiger partial charge < -0.3 is 9.88 Å². The molecule has 6 nitrogen and oxygen atoms in total. The molecule has 1 fully saturated rings. The van der Waals surface area contributed by atoms with Gasteiger partial charge in [0.2, 0.25) is 15.8 Å². The van der Waals surface area contributed by atoms with E-state index in [0.717, 1.165) is 19.3 Å². The lowest BCUT2D eigenvalue weighted by molar-refractivity contribution is 0.486. The summed E-state index contributed by atoms with van der Waals surface area (Å²) in [6.07, 6.45) is 4.74. The SMILES string of the molecule is O=c1c(F)c(Nc2ccc(Br)cc2F)c(NS(=O)(=O)C2CCCCC2)c2n1CCC2. The lowest BCUT2D eigenvalue weighted by Gasteiger charge is -2.25. The summed E-state index contributed by atoms with van der Waals surface area (Å²) in [7, 11) is -3.79. The number of anilines is 3. The summed E-state index contributed by atoms with van der Waals surface area (Å²) in [5.41, 5.74) is -0.826. The number of hydrogen-bond acceptors (Lipinski definition) is 4. The van der Waals surface area contributed by atoms with Crippen molar-refractivity contribution < 1.29 is 17.2 Å². The predicted molar refractivity (Wildman–Crippen MR) is 116 cm³/mol. The van der Waals surface area contributed by atoms with Gasteiger partial charge in [-0.3, -0.25) is 9.52 Å². The van der Waals surface area contributed by atoms with Gasteiger partial charge in [0, 0.05) is 16.7 Å². The fourth-order valence-corrected chi connectivity index (χ4v) is 6.15. The van der Waals surface area contributed by atoms with Crippen LogP contribution in [-0.2, 0) is 23.0 Å². The number of nitrogens with zero attached hydrogens (tertiary/aromatic N) is 1. The monoisotopic (exact) mass is 501 g/mol. The Hall–Kier alpha value is -1.94. The Morgan fingerprint density at radius 3 is 2.50 bits per heavy atom. The summed E-state index contributed by atoms with van der Waals surface area (Å²) in [6.45, 7) is 0.316. The van der Waals surface area contributed by atoms with E-state index in [1.807, 2.05) is 0 Å². The second-order valence-corrected chi connectivity index (χ2v) is 10.6. The minimum atomic E-state index is -3.79. The first-order chi connectivity index (χ1) is 14.3. The number of sulfonamides is 1. The molecule has 0 radical (unpaired) electrons. The third-order valence-corrected chi connectivity index (χ3v) is 8.07. The number of hydrogen-bond donors (Lipinski definition) is 2. The van der Waals surface area contributed by atoms with Crippen LogP contribution in [0.25, 0.3) is 0 Å². The lowest BCUT2D eigenvalue weighted by atomic mass is 10.0. The van der Waals surface area contributed by atoms with Crippen molar-refractivity contribution in [1.82, 2.24) is 4.57 Å². The second-order valence-electron chi connectivity index (χ2n) is 7.73. The van der Waals surface area contributed by atoms with E-state index >= 15 is 4.39 Å². The van der Waals surface area contributed by atoms with Gasteiger partial charge in [-0.15, -0.1) is 0 Å². The van der Waals surface area contributed by atoms with Gasteiger partial charge >= 0.3 is 0 Å². The average molecular weight is 502 g/mol. The number of benzene rings is 1. The zero-order valence-electron chi connectivity index (χ0n) is 16.2. The highest BCUT2D eigenvalue weighted by Crippen LogP contribution is 2.36. The van der Waals surface area contributed by atoms with Crippen LogP contribution in [0.2, 0.25) is 0 Å². The van der Waals surface area contributed by atoms with Crippen molar-refractivity contribution in [2.75, 3.05) is 10.0 Å². The molecule has 1 aliphatic heterocycles. The van der Waals surface area contributed by atoms with Crippen LogP contribution in [0, 0.1) is 11.6 Å². The second kappa shape index (κ2) is 8.30. The molecule has 0 atom stereocenters. The van der Waals surface area contributed by atoms with Crippen LogP contribution in [0.15, 0.2) is 27.5 Å². The number of rotatable bonds is 5. The molecule has 1 aliphatic carbocycles. The maximum atomic E-state index is 15.1. The van der Waals surface area contributed by atoms with Crippen LogP contribution in [0.5, 0.6) is 0 Å². The van der Waals surface area contributed by atoms with Gasteiger partial charge in [-0.1, -0.05) is 35.2 Å². The highest BCUT2D eigenvalue weighted by Gasteiger charge is 2.32. The van der Waals surface area contributed by atoms with Crippen LogP contribution in [0.1, 0.15) is 44.2 Å². The molecule has 0 saturated heterocycles. The predicted octanol–water partition coefficient (Wildman–Crippen LogP) is 4.65. The van der Waals surface area contributed by atoms with Crippen molar-refractivity contribution in [2.24, 2.45) is 0 Å². The normalized spacial score (nSPS) is 17.0. The molecule has 0 spiro atoms. The Bertz CT molecular complexity index is 1140. The van der Waals surface area contributed by atoms with Crippen molar-refractivity contribution in [3.63, 3.8) is 0 Å². The molecule has 2 heterocycles. The van der Waals surface area contributed by atoms with Crippen molar-refractivity contribution in [3.05, 3.63) is 50.4 Å². The van der Waals surface area contributed by atoms with Gasteiger partial charge in [0.1, 0.15) is 11.5 Å². The number of aromatic nitrogens is 1. The van der Waals surface area contributed by atoms with Crippen molar-refractivity contribution in [1.29, 1.82) is 0 Å². The molecule has 1 aromatic heterocycles. The number of pyridine rings is 1. The highest BCUT2D eigenvalue weighted by molar-refractivity contribution is 9.10. The molecule has 0 amide bonds. The van der Waals surface area contributed by atoms with Crippen LogP contribution in [0.3, 0.4) is 0 Å². The molecule has 10 heteroatoms. The fraction of sp³-hybridized carbons (Fsp3) is 0.450. The molecular formula is C20H22BrF2N3O3S. The largest absolute Gasteiger partial charge is 0.349 e. The highest BCUT2D eigenvalue weighted by atomic mass is 79.9. The standard InChI is InChI=1S/C20H22BrF2N3O3S/c21-12-8-9-15(14(22)11-12)24-19-17(23)20(27)26-10-4-7-16(26)18(19)25-30(28,29)13-5-2-1-3-6-13/h8-9,11,13,24-25H,1-7,10H2. The minimum Gasteiger partial charge on any atom is -0.349 e. The Balaban J connectivity index is 1.81. The number of fused-ring (bicyclic) bond motifs is 1. The van der Waals surface area contributed by atoms with E-state index in [2.05, 4.69) is 26.0 Å². The molecule has 1 saturated carbocycles. The molecule has 30 heavy (non-hydrogen) atoms. The topological polar surface area (TPSA) is 80.2 Å². The molecule has 4 rings (SSSR count). The van der Waals surface area contributed by atoms with Crippen LogP contribution < -0.4 is 15.6 Å². The van der Waals surface area contributed by atoms with Gasteiger partial charge in [-0.05, 0) is 43.9 Å². The van der Waals surface area contributed by atoms with Crippen LogP contribution >= 0.6 is 15.9 Å². The lowest BCUT2D eigenvalue weighted by Crippen LogP contribution is -2.32. The van der Waals surface area contributed by atoms with Gasteiger partial charge in [0.25, 0.3) is 5.56 Å². The molecule has 2 aliphatic rings. The summed E-state index contributed by atoms with van der Waals surface area (Å²) in [4.78, 5) is 12.5. The van der Waals surface area contributed by atoms with Crippen LogP contribution in [-0.4, -0.2) is 18.2 Å². The summed E-state index contributed by atoms with van der Waals surface area (Å²) < 4.78 is 59.8. The molecule has 1 aromatic carbocycles. The van der Waals surface area contributed by atoms with Gasteiger partial charge in [-0.25, -0.2) is 12.8 Å². The first kappa shape index (κ1) is 21.3. The van der Waals surface area contributed by atoms with E-state index in [4.69, 9.17) is 0 Å². The molecule has 0 unspecified atom stereocenters. The Morgan fingerprint density at radius 1 is 1.07 bits per heavy atom. The zero-order chi connectivity index (χ0) is 21.5.